The van der Waals surface area contributed by atoms with E-state index in [0.29, 0.717) is 18.1 Å². The third-order valence-corrected chi connectivity index (χ3v) is 6.61. The first-order valence-corrected chi connectivity index (χ1v) is 11.7. The van der Waals surface area contributed by atoms with Crippen molar-refractivity contribution in [2.24, 2.45) is 5.92 Å². The van der Waals surface area contributed by atoms with Gasteiger partial charge < -0.3 is 15.0 Å². The van der Waals surface area contributed by atoms with E-state index >= 15 is 0 Å². The summed E-state index contributed by atoms with van der Waals surface area (Å²) in [5.74, 6) is 1.07. The molecule has 0 spiro atoms. The Morgan fingerprint density at radius 2 is 1.87 bits per heavy atom. The molecule has 1 N–H and O–H groups in total. The van der Waals surface area contributed by atoms with E-state index in [-0.39, 0.29) is 23.8 Å². The smallest absolute Gasteiger partial charge is 0.228 e. The second-order valence-corrected chi connectivity index (χ2v) is 9.24. The SMILES string of the molecule is CC(C)Oc1ccc(CNC(=O)C2CCN(c3nnc(N4CCCC4=O)s3)CC2)cc1. The highest BCUT2D eigenvalue weighted by molar-refractivity contribution is 7.19. The van der Waals surface area contributed by atoms with Crippen molar-refractivity contribution in [3.63, 3.8) is 0 Å². The molecule has 0 bridgehead atoms. The zero-order chi connectivity index (χ0) is 21.8. The van der Waals surface area contributed by atoms with Crippen molar-refractivity contribution in [1.82, 2.24) is 15.5 Å². The van der Waals surface area contributed by atoms with Crippen LogP contribution in [0.2, 0.25) is 0 Å². The van der Waals surface area contributed by atoms with Crippen LogP contribution in [0.5, 0.6) is 5.75 Å². The second-order valence-electron chi connectivity index (χ2n) is 8.31. The maximum absolute atomic E-state index is 12.6. The van der Waals surface area contributed by atoms with Crippen LogP contribution >= 0.6 is 11.3 Å². The molecule has 0 unspecified atom stereocenters. The monoisotopic (exact) mass is 443 g/mol. The molecule has 0 atom stereocenters. The van der Waals surface area contributed by atoms with E-state index in [4.69, 9.17) is 4.74 Å². The summed E-state index contributed by atoms with van der Waals surface area (Å²) in [6, 6.07) is 7.84. The first-order valence-electron chi connectivity index (χ1n) is 10.9. The Balaban J connectivity index is 1.23. The maximum Gasteiger partial charge on any atom is 0.228 e. The molecule has 2 fully saturated rings. The summed E-state index contributed by atoms with van der Waals surface area (Å²) < 4.78 is 5.65. The molecule has 0 radical (unpaired) electrons. The van der Waals surface area contributed by atoms with E-state index in [9.17, 15) is 9.59 Å². The summed E-state index contributed by atoms with van der Waals surface area (Å²) in [6.07, 6.45) is 3.18. The van der Waals surface area contributed by atoms with Crippen molar-refractivity contribution in [2.75, 3.05) is 29.4 Å². The van der Waals surface area contributed by atoms with Crippen LogP contribution in [0.25, 0.3) is 0 Å². The van der Waals surface area contributed by atoms with Gasteiger partial charge in [0.05, 0.1) is 6.10 Å². The van der Waals surface area contributed by atoms with Gasteiger partial charge in [-0.15, -0.1) is 10.2 Å². The summed E-state index contributed by atoms with van der Waals surface area (Å²) in [7, 11) is 0. The molecular formula is C22H29N5O3S. The predicted octanol–water partition coefficient (Wildman–Crippen LogP) is 2.98. The van der Waals surface area contributed by atoms with Crippen LogP contribution in [0.4, 0.5) is 10.3 Å². The highest BCUT2D eigenvalue weighted by atomic mass is 32.1. The number of anilines is 2. The number of hydrogen-bond donors (Lipinski definition) is 1. The number of aromatic nitrogens is 2. The first-order chi connectivity index (χ1) is 15.0. The number of rotatable bonds is 7. The molecule has 3 heterocycles. The Kier molecular flexibility index (Phi) is 6.70. The standard InChI is InChI=1S/C22H29N5O3S/c1-15(2)30-18-7-5-16(6-8-18)14-23-20(29)17-9-12-26(13-10-17)21-24-25-22(31-21)27-11-3-4-19(27)28/h5-8,15,17H,3-4,9-14H2,1-2H3,(H,23,29). The molecule has 2 amide bonds. The molecule has 8 nitrogen and oxygen atoms in total. The van der Waals surface area contributed by atoms with Gasteiger partial charge in [0.2, 0.25) is 22.1 Å². The topological polar surface area (TPSA) is 87.7 Å². The first kappa shape index (κ1) is 21.5. The van der Waals surface area contributed by atoms with Crippen molar-refractivity contribution in [1.29, 1.82) is 0 Å². The van der Waals surface area contributed by atoms with Gasteiger partial charge in [0, 0.05) is 38.5 Å². The number of nitrogens with one attached hydrogen (secondary N) is 1. The van der Waals surface area contributed by atoms with Gasteiger partial charge in [-0.3, -0.25) is 14.5 Å². The highest BCUT2D eigenvalue weighted by Crippen LogP contribution is 2.32. The Labute approximate surface area is 186 Å². The van der Waals surface area contributed by atoms with Gasteiger partial charge in [-0.05, 0) is 50.8 Å². The number of benzene rings is 1. The third-order valence-electron chi connectivity index (χ3n) is 5.61. The predicted molar refractivity (Wildman–Crippen MR) is 120 cm³/mol. The van der Waals surface area contributed by atoms with Crippen molar-refractivity contribution in [2.45, 2.75) is 52.2 Å². The molecule has 31 heavy (non-hydrogen) atoms. The van der Waals surface area contributed by atoms with E-state index < -0.39 is 0 Å². The van der Waals surface area contributed by atoms with Crippen LogP contribution in [-0.2, 0) is 16.1 Å². The summed E-state index contributed by atoms with van der Waals surface area (Å²) in [5, 5.41) is 13.1. The third kappa shape index (κ3) is 5.33. The molecule has 9 heteroatoms. The second kappa shape index (κ2) is 9.64. The van der Waals surface area contributed by atoms with Gasteiger partial charge in [0.25, 0.3) is 0 Å². The maximum atomic E-state index is 12.6. The normalized spacial score (nSPS) is 17.5. The fourth-order valence-electron chi connectivity index (χ4n) is 3.92. The molecule has 2 aliphatic rings. The Morgan fingerprint density at radius 1 is 1.16 bits per heavy atom. The molecule has 166 valence electrons. The van der Waals surface area contributed by atoms with Gasteiger partial charge in [-0.2, -0.15) is 0 Å². The molecule has 1 aromatic heterocycles. The van der Waals surface area contributed by atoms with Crippen LogP contribution in [0, 0.1) is 5.92 Å². The van der Waals surface area contributed by atoms with E-state index in [1.165, 1.54) is 11.3 Å². The van der Waals surface area contributed by atoms with Gasteiger partial charge in [0.15, 0.2) is 0 Å². The number of ether oxygens (including phenoxy) is 1. The number of carbonyl (C=O) groups excluding carboxylic acids is 2. The Hall–Kier alpha value is -2.68. The fourth-order valence-corrected chi connectivity index (χ4v) is 4.86. The number of amides is 2. The van der Waals surface area contributed by atoms with Crippen LogP contribution in [0.1, 0.15) is 45.1 Å². The van der Waals surface area contributed by atoms with Crippen molar-refractivity contribution < 1.29 is 14.3 Å². The number of hydrogen-bond acceptors (Lipinski definition) is 7. The molecule has 4 rings (SSSR count). The number of carbonyl (C=O) groups is 2. The summed E-state index contributed by atoms with van der Waals surface area (Å²) in [4.78, 5) is 28.4. The van der Waals surface area contributed by atoms with E-state index in [1.807, 2.05) is 38.1 Å². The van der Waals surface area contributed by atoms with Crippen LogP contribution in [-0.4, -0.2) is 47.7 Å². The lowest BCUT2D eigenvalue weighted by Crippen LogP contribution is -2.40. The lowest BCUT2D eigenvalue weighted by Gasteiger charge is -2.30. The van der Waals surface area contributed by atoms with Crippen molar-refractivity contribution in [3.8, 4) is 5.75 Å². The quantitative estimate of drug-likeness (QED) is 0.708. The minimum atomic E-state index is 0.00680. The average molecular weight is 444 g/mol. The molecule has 2 aromatic rings. The Morgan fingerprint density at radius 3 is 2.52 bits per heavy atom. The lowest BCUT2D eigenvalue weighted by atomic mass is 9.96. The van der Waals surface area contributed by atoms with Crippen LogP contribution in [0.15, 0.2) is 24.3 Å². The number of piperidine rings is 1. The van der Waals surface area contributed by atoms with Crippen molar-refractivity contribution in [3.05, 3.63) is 29.8 Å². The lowest BCUT2D eigenvalue weighted by molar-refractivity contribution is -0.125. The molecule has 0 saturated carbocycles. The van der Waals surface area contributed by atoms with Gasteiger partial charge in [-0.25, -0.2) is 0 Å². The summed E-state index contributed by atoms with van der Waals surface area (Å²) in [6.45, 7) is 6.77. The summed E-state index contributed by atoms with van der Waals surface area (Å²) >= 11 is 1.46. The largest absolute Gasteiger partial charge is 0.491 e. The molecule has 1 aromatic carbocycles. The van der Waals surface area contributed by atoms with Crippen molar-refractivity contribution >= 4 is 33.4 Å². The fraction of sp³-hybridized carbons (Fsp3) is 0.545. The number of nitrogens with zero attached hydrogens (tertiary/aromatic N) is 4. The molecular weight excluding hydrogens is 414 g/mol. The average Bonchev–Trinajstić information content (AvgIpc) is 3.41. The summed E-state index contributed by atoms with van der Waals surface area (Å²) in [5.41, 5.74) is 1.06. The molecule has 2 saturated heterocycles. The van der Waals surface area contributed by atoms with E-state index in [2.05, 4.69) is 20.4 Å². The van der Waals surface area contributed by atoms with E-state index in [1.54, 1.807) is 4.90 Å². The van der Waals surface area contributed by atoms with Gasteiger partial charge in [-0.1, -0.05) is 23.5 Å². The van der Waals surface area contributed by atoms with Crippen LogP contribution in [0.3, 0.4) is 0 Å². The van der Waals surface area contributed by atoms with E-state index in [0.717, 1.165) is 55.3 Å². The zero-order valence-corrected chi connectivity index (χ0v) is 18.9. The molecule has 2 aliphatic heterocycles. The van der Waals surface area contributed by atoms with Crippen LogP contribution < -0.4 is 19.9 Å². The van der Waals surface area contributed by atoms with Gasteiger partial charge >= 0.3 is 0 Å². The highest BCUT2D eigenvalue weighted by Gasteiger charge is 2.29. The zero-order valence-electron chi connectivity index (χ0n) is 18.0. The minimum absolute atomic E-state index is 0.00680. The van der Waals surface area contributed by atoms with Gasteiger partial charge in [0.1, 0.15) is 5.75 Å². The molecule has 0 aliphatic carbocycles. The Bertz CT molecular complexity index is 906. The minimum Gasteiger partial charge on any atom is -0.491 e.